The molecule has 0 spiro atoms. The van der Waals surface area contributed by atoms with Gasteiger partial charge >= 0.3 is 0 Å². The minimum Gasteiger partial charge on any atom is -0.369 e. The highest BCUT2D eigenvalue weighted by molar-refractivity contribution is 5.79. The van der Waals surface area contributed by atoms with E-state index in [1.54, 1.807) is 10.6 Å². The highest BCUT2D eigenvalue weighted by Crippen LogP contribution is 2.20. The smallest absolute Gasteiger partial charge is 0.222 e. The van der Waals surface area contributed by atoms with Gasteiger partial charge in [0.25, 0.3) is 0 Å². The first kappa shape index (κ1) is 12.0. The lowest BCUT2D eigenvalue weighted by atomic mass is 10.3. The Bertz CT molecular complexity index is 633. The number of hydrogen-bond acceptors (Lipinski definition) is 3. The van der Waals surface area contributed by atoms with Crippen LogP contribution in [0.3, 0.4) is 0 Å². The first-order valence-electron chi connectivity index (χ1n) is 6.34. The van der Waals surface area contributed by atoms with E-state index in [0.29, 0.717) is 36.0 Å². The molecule has 100 valence electrons. The first-order valence-corrected chi connectivity index (χ1v) is 6.34. The van der Waals surface area contributed by atoms with Gasteiger partial charge in [-0.15, -0.1) is 0 Å². The van der Waals surface area contributed by atoms with E-state index >= 15 is 0 Å². The SMILES string of the molecule is Nc1nc2ccc(F)cc2n1CCC(=O)NC1CC1. The predicted octanol–water partition coefficient (Wildman–Crippen LogP) is 1.43. The summed E-state index contributed by atoms with van der Waals surface area (Å²) in [5, 5.41) is 2.91. The van der Waals surface area contributed by atoms with Crippen LogP contribution in [0.1, 0.15) is 19.3 Å². The molecule has 0 unspecified atom stereocenters. The zero-order valence-electron chi connectivity index (χ0n) is 10.4. The Morgan fingerprint density at radius 2 is 2.32 bits per heavy atom. The van der Waals surface area contributed by atoms with Gasteiger partial charge in [-0.3, -0.25) is 4.79 Å². The topological polar surface area (TPSA) is 72.9 Å². The third-order valence-electron chi connectivity index (χ3n) is 3.24. The van der Waals surface area contributed by atoms with Gasteiger partial charge in [-0.1, -0.05) is 0 Å². The minimum atomic E-state index is -0.337. The molecule has 1 aliphatic rings. The van der Waals surface area contributed by atoms with Crippen LogP contribution in [0.25, 0.3) is 11.0 Å². The Hall–Kier alpha value is -2.11. The Morgan fingerprint density at radius 3 is 3.05 bits per heavy atom. The van der Waals surface area contributed by atoms with Crippen LogP contribution in [0.15, 0.2) is 18.2 Å². The number of fused-ring (bicyclic) bond motifs is 1. The van der Waals surface area contributed by atoms with Crippen molar-refractivity contribution in [3.8, 4) is 0 Å². The van der Waals surface area contributed by atoms with E-state index in [0.717, 1.165) is 12.8 Å². The lowest BCUT2D eigenvalue weighted by molar-refractivity contribution is -0.121. The summed E-state index contributed by atoms with van der Waals surface area (Å²) in [7, 11) is 0. The molecule has 0 aliphatic heterocycles. The maximum atomic E-state index is 13.2. The van der Waals surface area contributed by atoms with Crippen molar-refractivity contribution >= 4 is 22.9 Å². The molecule has 1 fully saturated rings. The Morgan fingerprint density at radius 1 is 1.53 bits per heavy atom. The molecule has 1 aromatic carbocycles. The number of nitrogens with one attached hydrogen (secondary N) is 1. The fourth-order valence-corrected chi connectivity index (χ4v) is 2.09. The van der Waals surface area contributed by atoms with Crippen LogP contribution >= 0.6 is 0 Å². The minimum absolute atomic E-state index is 0.000142. The fraction of sp³-hybridized carbons (Fsp3) is 0.385. The Balaban J connectivity index is 1.77. The van der Waals surface area contributed by atoms with Crippen molar-refractivity contribution in [2.45, 2.75) is 31.8 Å². The van der Waals surface area contributed by atoms with Crippen molar-refractivity contribution in [3.63, 3.8) is 0 Å². The molecule has 1 aromatic heterocycles. The number of nitrogens with two attached hydrogens (primary N) is 1. The van der Waals surface area contributed by atoms with E-state index in [2.05, 4.69) is 10.3 Å². The third kappa shape index (κ3) is 2.52. The summed E-state index contributed by atoms with van der Waals surface area (Å²) in [6.45, 7) is 0.407. The molecule has 1 heterocycles. The van der Waals surface area contributed by atoms with Crippen LogP contribution < -0.4 is 11.1 Å². The highest BCUT2D eigenvalue weighted by Gasteiger charge is 2.23. The predicted molar refractivity (Wildman–Crippen MR) is 69.9 cm³/mol. The molecule has 19 heavy (non-hydrogen) atoms. The normalized spacial score (nSPS) is 14.8. The monoisotopic (exact) mass is 262 g/mol. The summed E-state index contributed by atoms with van der Waals surface area (Å²) in [4.78, 5) is 15.8. The average molecular weight is 262 g/mol. The van der Waals surface area contributed by atoms with E-state index in [-0.39, 0.29) is 11.7 Å². The second-order valence-corrected chi connectivity index (χ2v) is 4.85. The van der Waals surface area contributed by atoms with Crippen molar-refractivity contribution in [2.75, 3.05) is 5.73 Å². The van der Waals surface area contributed by atoms with Crippen molar-refractivity contribution in [2.24, 2.45) is 0 Å². The average Bonchev–Trinajstić information content (AvgIpc) is 3.11. The number of nitrogens with zero attached hydrogens (tertiary/aromatic N) is 2. The largest absolute Gasteiger partial charge is 0.369 e. The molecular formula is C13H15FN4O. The number of nitrogen functional groups attached to an aromatic ring is 1. The summed E-state index contributed by atoms with van der Waals surface area (Å²) in [6, 6.07) is 4.67. The number of rotatable bonds is 4. The molecule has 1 saturated carbocycles. The van der Waals surface area contributed by atoms with Crippen molar-refractivity contribution in [3.05, 3.63) is 24.0 Å². The van der Waals surface area contributed by atoms with Crippen LogP contribution in [0, 0.1) is 5.82 Å². The number of aryl methyl sites for hydroxylation is 1. The van der Waals surface area contributed by atoms with Crippen LogP contribution in [-0.4, -0.2) is 21.5 Å². The number of imidazole rings is 1. The lowest BCUT2D eigenvalue weighted by Gasteiger charge is -2.07. The number of aromatic nitrogens is 2. The van der Waals surface area contributed by atoms with Crippen LogP contribution in [0.4, 0.5) is 10.3 Å². The van der Waals surface area contributed by atoms with Gasteiger partial charge in [0.15, 0.2) is 0 Å². The van der Waals surface area contributed by atoms with Gasteiger partial charge in [0.2, 0.25) is 11.9 Å². The molecule has 1 aliphatic carbocycles. The van der Waals surface area contributed by atoms with Gasteiger partial charge < -0.3 is 15.6 Å². The van der Waals surface area contributed by atoms with E-state index < -0.39 is 0 Å². The van der Waals surface area contributed by atoms with E-state index in [4.69, 9.17) is 5.73 Å². The molecule has 1 amide bonds. The van der Waals surface area contributed by atoms with Crippen LogP contribution in [-0.2, 0) is 11.3 Å². The maximum Gasteiger partial charge on any atom is 0.222 e. The zero-order chi connectivity index (χ0) is 13.4. The molecule has 0 bridgehead atoms. The fourth-order valence-electron chi connectivity index (χ4n) is 2.09. The maximum absolute atomic E-state index is 13.2. The van der Waals surface area contributed by atoms with Gasteiger partial charge in [0.05, 0.1) is 11.0 Å². The number of benzene rings is 1. The second kappa shape index (κ2) is 4.53. The van der Waals surface area contributed by atoms with E-state index in [1.165, 1.54) is 12.1 Å². The number of hydrogen-bond donors (Lipinski definition) is 2. The molecule has 0 atom stereocenters. The molecule has 0 radical (unpaired) electrons. The van der Waals surface area contributed by atoms with Gasteiger partial charge in [-0.2, -0.15) is 0 Å². The number of carbonyl (C=O) groups is 1. The zero-order valence-corrected chi connectivity index (χ0v) is 10.4. The number of halogens is 1. The van der Waals surface area contributed by atoms with Gasteiger partial charge in [-0.05, 0) is 31.0 Å². The van der Waals surface area contributed by atoms with Crippen molar-refractivity contribution < 1.29 is 9.18 Å². The molecule has 6 heteroatoms. The summed E-state index contributed by atoms with van der Waals surface area (Å²) in [6.07, 6.45) is 2.45. The van der Waals surface area contributed by atoms with Crippen LogP contribution in [0.5, 0.6) is 0 Å². The summed E-state index contributed by atoms with van der Waals surface area (Å²) in [5.41, 5.74) is 7.06. The van der Waals surface area contributed by atoms with E-state index in [1.807, 2.05) is 0 Å². The quantitative estimate of drug-likeness (QED) is 0.875. The molecular weight excluding hydrogens is 247 g/mol. The van der Waals surface area contributed by atoms with Gasteiger partial charge in [-0.25, -0.2) is 9.37 Å². The molecule has 2 aromatic rings. The standard InChI is InChI=1S/C13H15FN4O/c14-8-1-4-10-11(7-8)18(13(15)17-10)6-5-12(19)16-9-2-3-9/h1,4,7,9H,2-3,5-6H2,(H2,15,17)(H,16,19). The Kier molecular flexibility index (Phi) is 2.85. The Labute approximate surface area is 109 Å². The van der Waals surface area contributed by atoms with E-state index in [9.17, 15) is 9.18 Å². The summed E-state index contributed by atoms with van der Waals surface area (Å²) in [5.74, 6) is -0.0314. The molecule has 3 rings (SSSR count). The number of amides is 1. The molecule has 0 saturated heterocycles. The van der Waals surface area contributed by atoms with Gasteiger partial charge in [0.1, 0.15) is 5.82 Å². The lowest BCUT2D eigenvalue weighted by Crippen LogP contribution is -2.26. The summed E-state index contributed by atoms with van der Waals surface area (Å²) < 4.78 is 14.9. The highest BCUT2D eigenvalue weighted by atomic mass is 19.1. The molecule has 5 nitrogen and oxygen atoms in total. The van der Waals surface area contributed by atoms with Crippen LogP contribution in [0.2, 0.25) is 0 Å². The first-order chi connectivity index (χ1) is 9.13. The number of anilines is 1. The summed E-state index contributed by atoms with van der Waals surface area (Å²) >= 11 is 0. The third-order valence-corrected chi connectivity index (χ3v) is 3.24. The van der Waals surface area contributed by atoms with Crippen molar-refractivity contribution in [1.29, 1.82) is 0 Å². The van der Waals surface area contributed by atoms with Crippen molar-refractivity contribution in [1.82, 2.24) is 14.9 Å². The van der Waals surface area contributed by atoms with Gasteiger partial charge in [0, 0.05) is 19.0 Å². The second-order valence-electron chi connectivity index (χ2n) is 4.85. The molecule has 3 N–H and O–H groups in total. The number of carbonyl (C=O) groups excluding carboxylic acids is 1.